The van der Waals surface area contributed by atoms with Crippen LogP contribution in [-0.2, 0) is 12.5 Å². The van der Waals surface area contributed by atoms with E-state index in [1.165, 1.54) is 25.7 Å². The molecule has 0 N–H and O–H groups in total. The molecule has 110 valence electrons. The van der Waals surface area contributed by atoms with E-state index < -0.39 is 0 Å². The Morgan fingerprint density at radius 3 is 2.30 bits per heavy atom. The van der Waals surface area contributed by atoms with Gasteiger partial charge in [0.1, 0.15) is 6.04 Å². The van der Waals surface area contributed by atoms with Crippen LogP contribution in [0.1, 0.15) is 63.8 Å². The van der Waals surface area contributed by atoms with Crippen LogP contribution in [0.2, 0.25) is 0 Å². The van der Waals surface area contributed by atoms with E-state index in [9.17, 15) is 5.26 Å². The molecule has 0 amide bonds. The van der Waals surface area contributed by atoms with E-state index in [0.717, 1.165) is 24.3 Å². The maximum Gasteiger partial charge on any atom is 0.127 e. The van der Waals surface area contributed by atoms with Gasteiger partial charge >= 0.3 is 0 Å². The number of aromatic nitrogens is 2. The standard InChI is InChI=1S/C16H26N4/c1-16(2,3)15-13(12-19(4)18-15)14(11-17)20-9-7-5-6-8-10-20/h12,14H,5-10H2,1-4H3. The molecule has 1 aliphatic rings. The third-order valence-electron chi connectivity index (χ3n) is 3.99. The molecule has 0 bridgehead atoms. The summed E-state index contributed by atoms with van der Waals surface area (Å²) in [5.41, 5.74) is 2.11. The topological polar surface area (TPSA) is 44.9 Å². The zero-order valence-corrected chi connectivity index (χ0v) is 13.2. The quantitative estimate of drug-likeness (QED) is 0.832. The second-order valence-corrected chi connectivity index (χ2v) is 6.84. The third-order valence-corrected chi connectivity index (χ3v) is 3.99. The molecule has 1 saturated heterocycles. The van der Waals surface area contributed by atoms with Crippen molar-refractivity contribution in [1.82, 2.24) is 14.7 Å². The van der Waals surface area contributed by atoms with Crippen molar-refractivity contribution in [2.45, 2.75) is 57.9 Å². The lowest BCUT2D eigenvalue weighted by molar-refractivity contribution is 0.243. The summed E-state index contributed by atoms with van der Waals surface area (Å²) in [4.78, 5) is 2.33. The monoisotopic (exact) mass is 274 g/mol. The third kappa shape index (κ3) is 3.21. The molecular weight excluding hydrogens is 248 g/mol. The highest BCUT2D eigenvalue weighted by Crippen LogP contribution is 2.32. The molecule has 20 heavy (non-hydrogen) atoms. The van der Waals surface area contributed by atoms with Gasteiger partial charge in [-0.25, -0.2) is 0 Å². The van der Waals surface area contributed by atoms with Gasteiger partial charge in [-0.05, 0) is 25.9 Å². The summed E-state index contributed by atoms with van der Waals surface area (Å²) in [6.07, 6.45) is 6.99. The minimum Gasteiger partial charge on any atom is -0.284 e. The van der Waals surface area contributed by atoms with E-state index in [2.05, 4.69) is 36.8 Å². The molecule has 1 aromatic rings. The number of likely N-dealkylation sites (tertiary alicyclic amines) is 1. The molecule has 4 nitrogen and oxygen atoms in total. The largest absolute Gasteiger partial charge is 0.284 e. The Morgan fingerprint density at radius 1 is 1.20 bits per heavy atom. The van der Waals surface area contributed by atoms with Gasteiger partial charge in [0.15, 0.2) is 0 Å². The van der Waals surface area contributed by atoms with Gasteiger partial charge in [0.2, 0.25) is 0 Å². The van der Waals surface area contributed by atoms with E-state index in [1.54, 1.807) is 0 Å². The summed E-state index contributed by atoms with van der Waals surface area (Å²) in [5.74, 6) is 0. The van der Waals surface area contributed by atoms with Crippen molar-refractivity contribution < 1.29 is 0 Å². The molecule has 4 heteroatoms. The van der Waals surface area contributed by atoms with Crippen molar-refractivity contribution in [3.05, 3.63) is 17.5 Å². The summed E-state index contributed by atoms with van der Waals surface area (Å²) in [6.45, 7) is 8.54. The molecule has 0 aromatic carbocycles. The molecule has 1 unspecified atom stereocenters. The number of aryl methyl sites for hydroxylation is 1. The maximum absolute atomic E-state index is 9.69. The maximum atomic E-state index is 9.69. The van der Waals surface area contributed by atoms with Crippen LogP contribution >= 0.6 is 0 Å². The van der Waals surface area contributed by atoms with Crippen LogP contribution in [-0.4, -0.2) is 27.8 Å². The normalized spacial score (nSPS) is 19.4. The Morgan fingerprint density at radius 2 is 1.80 bits per heavy atom. The fraction of sp³-hybridized carbons (Fsp3) is 0.750. The predicted octanol–water partition coefficient (Wildman–Crippen LogP) is 3.16. The number of hydrogen-bond acceptors (Lipinski definition) is 3. The van der Waals surface area contributed by atoms with Crippen LogP contribution < -0.4 is 0 Å². The lowest BCUT2D eigenvalue weighted by Crippen LogP contribution is -2.30. The second kappa shape index (κ2) is 5.97. The van der Waals surface area contributed by atoms with E-state index in [1.807, 2.05) is 17.9 Å². The van der Waals surface area contributed by atoms with Gasteiger partial charge in [0.05, 0.1) is 11.8 Å². The Hall–Kier alpha value is -1.34. The van der Waals surface area contributed by atoms with Gasteiger partial charge in [-0.1, -0.05) is 33.6 Å². The summed E-state index contributed by atoms with van der Waals surface area (Å²) in [7, 11) is 1.94. The van der Waals surface area contributed by atoms with Crippen LogP contribution in [0, 0.1) is 11.3 Å². The summed E-state index contributed by atoms with van der Waals surface area (Å²) >= 11 is 0. The molecule has 1 atom stereocenters. The second-order valence-electron chi connectivity index (χ2n) is 6.84. The van der Waals surface area contributed by atoms with Crippen molar-refractivity contribution in [3.63, 3.8) is 0 Å². The first kappa shape index (κ1) is 15.1. The Labute approximate surface area is 122 Å². The van der Waals surface area contributed by atoms with Crippen molar-refractivity contribution in [2.24, 2.45) is 7.05 Å². The van der Waals surface area contributed by atoms with Gasteiger partial charge in [-0.2, -0.15) is 10.4 Å². The first-order valence-corrected chi connectivity index (χ1v) is 7.61. The molecule has 0 radical (unpaired) electrons. The number of rotatable bonds is 2. The van der Waals surface area contributed by atoms with E-state index >= 15 is 0 Å². The van der Waals surface area contributed by atoms with Crippen LogP contribution in [0.4, 0.5) is 0 Å². The highest BCUT2D eigenvalue weighted by atomic mass is 15.3. The van der Waals surface area contributed by atoms with Crippen molar-refractivity contribution in [1.29, 1.82) is 5.26 Å². The van der Waals surface area contributed by atoms with Crippen LogP contribution in [0.15, 0.2) is 6.20 Å². The van der Waals surface area contributed by atoms with E-state index in [0.29, 0.717) is 0 Å². The lowest BCUT2D eigenvalue weighted by atomic mass is 9.87. The van der Waals surface area contributed by atoms with Crippen molar-refractivity contribution in [2.75, 3.05) is 13.1 Å². The molecule has 1 fully saturated rings. The smallest absolute Gasteiger partial charge is 0.127 e. The summed E-state index contributed by atoms with van der Waals surface area (Å²) in [5, 5.41) is 14.3. The van der Waals surface area contributed by atoms with Gasteiger partial charge in [0, 0.05) is 24.2 Å². The molecule has 1 aliphatic heterocycles. The Kier molecular flexibility index (Phi) is 4.49. The molecule has 0 spiro atoms. The summed E-state index contributed by atoms with van der Waals surface area (Å²) in [6, 6.07) is 2.36. The predicted molar refractivity (Wildman–Crippen MR) is 80.3 cm³/mol. The number of nitriles is 1. The fourth-order valence-corrected chi connectivity index (χ4v) is 2.99. The molecular formula is C16H26N4. The average Bonchev–Trinajstić information content (AvgIpc) is 2.61. The first-order chi connectivity index (χ1) is 9.43. The summed E-state index contributed by atoms with van der Waals surface area (Å²) < 4.78 is 1.85. The SMILES string of the molecule is Cn1cc(C(C#N)N2CCCCCC2)c(C(C)(C)C)n1. The molecule has 0 saturated carbocycles. The molecule has 0 aliphatic carbocycles. The zero-order valence-electron chi connectivity index (χ0n) is 13.2. The van der Waals surface area contributed by atoms with E-state index in [-0.39, 0.29) is 11.5 Å². The van der Waals surface area contributed by atoms with Gasteiger partial charge < -0.3 is 0 Å². The fourth-order valence-electron chi connectivity index (χ4n) is 2.99. The number of nitrogens with zero attached hydrogens (tertiary/aromatic N) is 4. The molecule has 2 rings (SSSR count). The first-order valence-electron chi connectivity index (χ1n) is 7.61. The highest BCUT2D eigenvalue weighted by molar-refractivity contribution is 5.31. The van der Waals surface area contributed by atoms with Crippen LogP contribution in [0.25, 0.3) is 0 Å². The van der Waals surface area contributed by atoms with E-state index in [4.69, 9.17) is 0 Å². The van der Waals surface area contributed by atoms with Crippen LogP contribution in [0.5, 0.6) is 0 Å². The number of hydrogen-bond donors (Lipinski definition) is 0. The Bertz CT molecular complexity index is 482. The van der Waals surface area contributed by atoms with Crippen molar-refractivity contribution in [3.8, 4) is 6.07 Å². The average molecular weight is 274 g/mol. The zero-order chi connectivity index (χ0) is 14.8. The van der Waals surface area contributed by atoms with Gasteiger partial charge in [0.25, 0.3) is 0 Å². The van der Waals surface area contributed by atoms with Gasteiger partial charge in [-0.3, -0.25) is 9.58 Å². The lowest BCUT2D eigenvalue weighted by Gasteiger charge is -2.27. The molecule has 2 heterocycles. The Balaban J connectivity index is 2.34. The van der Waals surface area contributed by atoms with Crippen LogP contribution in [0.3, 0.4) is 0 Å². The van der Waals surface area contributed by atoms with Crippen molar-refractivity contribution >= 4 is 0 Å². The van der Waals surface area contributed by atoms with Gasteiger partial charge in [-0.15, -0.1) is 0 Å². The minimum absolute atomic E-state index is 0.0302. The minimum atomic E-state index is -0.156. The highest BCUT2D eigenvalue weighted by Gasteiger charge is 2.30. The molecule has 1 aromatic heterocycles.